The maximum absolute atomic E-state index is 6.34. The van der Waals surface area contributed by atoms with Gasteiger partial charge in [-0.1, -0.05) is 13.3 Å². The summed E-state index contributed by atoms with van der Waals surface area (Å²) in [6.07, 6.45) is 4.06. The molecular formula is C16H21N3O. The number of pyridine rings is 1. The number of methoxy groups -OCH3 is 1. The van der Waals surface area contributed by atoms with Gasteiger partial charge in [-0.3, -0.25) is 0 Å². The standard InChI is InChI=1S/C16H21N3O/c1-3-7-16(17)10-19(11-16)15-14-5-4-13(20-2)9-12(14)6-8-18-15/h4-6,8-9H,3,7,10-11,17H2,1-2H3. The molecule has 0 atom stereocenters. The Kier molecular flexibility index (Phi) is 3.26. The predicted molar refractivity (Wildman–Crippen MR) is 82.3 cm³/mol. The zero-order valence-corrected chi connectivity index (χ0v) is 12.1. The van der Waals surface area contributed by atoms with Gasteiger partial charge in [0.05, 0.1) is 12.6 Å². The second-order valence-corrected chi connectivity index (χ2v) is 5.69. The third-order valence-corrected chi connectivity index (χ3v) is 4.01. The van der Waals surface area contributed by atoms with Gasteiger partial charge >= 0.3 is 0 Å². The van der Waals surface area contributed by atoms with Gasteiger partial charge in [0.1, 0.15) is 11.6 Å². The second kappa shape index (κ2) is 4.94. The van der Waals surface area contributed by atoms with E-state index in [-0.39, 0.29) is 5.54 Å². The third-order valence-electron chi connectivity index (χ3n) is 4.01. The highest BCUT2D eigenvalue weighted by Gasteiger charge is 2.39. The molecule has 1 fully saturated rings. The molecular weight excluding hydrogens is 250 g/mol. The first-order valence-electron chi connectivity index (χ1n) is 7.12. The van der Waals surface area contributed by atoms with Gasteiger partial charge in [-0.2, -0.15) is 0 Å². The number of hydrogen-bond acceptors (Lipinski definition) is 4. The summed E-state index contributed by atoms with van der Waals surface area (Å²) in [4.78, 5) is 6.81. The number of anilines is 1. The van der Waals surface area contributed by atoms with E-state index >= 15 is 0 Å². The molecule has 0 aliphatic carbocycles. The second-order valence-electron chi connectivity index (χ2n) is 5.69. The fourth-order valence-corrected chi connectivity index (χ4v) is 3.04. The van der Waals surface area contributed by atoms with E-state index in [1.54, 1.807) is 7.11 Å². The van der Waals surface area contributed by atoms with Gasteiger partial charge in [-0.15, -0.1) is 0 Å². The monoisotopic (exact) mass is 271 g/mol. The Morgan fingerprint density at radius 3 is 2.85 bits per heavy atom. The van der Waals surface area contributed by atoms with Gasteiger partial charge < -0.3 is 15.4 Å². The zero-order chi connectivity index (χ0) is 14.2. The van der Waals surface area contributed by atoms with Crippen molar-refractivity contribution in [3.05, 3.63) is 30.5 Å². The minimum atomic E-state index is -0.0366. The summed E-state index contributed by atoms with van der Waals surface area (Å²) in [5.74, 6) is 1.90. The highest BCUT2D eigenvalue weighted by atomic mass is 16.5. The fraction of sp³-hybridized carbons (Fsp3) is 0.438. The summed E-state index contributed by atoms with van der Waals surface area (Å²) in [7, 11) is 1.69. The maximum atomic E-state index is 6.34. The van der Waals surface area contributed by atoms with Crippen LogP contribution in [0.15, 0.2) is 30.5 Å². The molecule has 3 rings (SSSR count). The number of ether oxygens (including phenoxy) is 1. The lowest BCUT2D eigenvalue weighted by Crippen LogP contribution is -2.67. The summed E-state index contributed by atoms with van der Waals surface area (Å²) in [6, 6.07) is 8.12. The number of fused-ring (bicyclic) bond motifs is 1. The molecule has 106 valence electrons. The molecule has 4 heteroatoms. The van der Waals surface area contributed by atoms with Gasteiger partial charge in [0.25, 0.3) is 0 Å². The van der Waals surface area contributed by atoms with Crippen LogP contribution in [0.2, 0.25) is 0 Å². The highest BCUT2D eigenvalue weighted by molar-refractivity contribution is 5.93. The Balaban J connectivity index is 1.90. The molecule has 0 bridgehead atoms. The first-order chi connectivity index (χ1) is 9.65. The molecule has 0 radical (unpaired) electrons. The topological polar surface area (TPSA) is 51.4 Å². The molecule has 1 saturated heterocycles. The van der Waals surface area contributed by atoms with Crippen LogP contribution in [-0.4, -0.2) is 30.7 Å². The Morgan fingerprint density at radius 2 is 2.15 bits per heavy atom. The quantitative estimate of drug-likeness (QED) is 0.928. The maximum Gasteiger partial charge on any atom is 0.136 e. The average molecular weight is 271 g/mol. The molecule has 2 heterocycles. The summed E-state index contributed by atoms with van der Waals surface area (Å²) in [5, 5.41) is 2.31. The largest absolute Gasteiger partial charge is 0.497 e. The molecule has 1 aromatic heterocycles. The lowest BCUT2D eigenvalue weighted by molar-refractivity contribution is 0.306. The first-order valence-corrected chi connectivity index (χ1v) is 7.12. The lowest BCUT2D eigenvalue weighted by atomic mass is 9.86. The number of benzene rings is 1. The number of rotatable bonds is 4. The van der Waals surface area contributed by atoms with Gasteiger partial charge in [0.2, 0.25) is 0 Å². The van der Waals surface area contributed by atoms with Crippen molar-refractivity contribution in [3.63, 3.8) is 0 Å². The predicted octanol–water partition coefficient (Wildman–Crippen LogP) is 2.56. The van der Waals surface area contributed by atoms with E-state index < -0.39 is 0 Å². The lowest BCUT2D eigenvalue weighted by Gasteiger charge is -2.48. The summed E-state index contributed by atoms with van der Waals surface area (Å²) in [6.45, 7) is 3.96. The van der Waals surface area contributed by atoms with Crippen LogP contribution in [0.1, 0.15) is 19.8 Å². The van der Waals surface area contributed by atoms with Crippen LogP contribution in [0.25, 0.3) is 10.8 Å². The van der Waals surface area contributed by atoms with Crippen LogP contribution in [0.4, 0.5) is 5.82 Å². The Morgan fingerprint density at radius 1 is 1.35 bits per heavy atom. The van der Waals surface area contributed by atoms with Crippen LogP contribution < -0.4 is 15.4 Å². The molecule has 0 unspecified atom stereocenters. The van der Waals surface area contributed by atoms with Gasteiger partial charge in [0, 0.05) is 24.7 Å². The Bertz CT molecular complexity index is 620. The zero-order valence-electron chi connectivity index (χ0n) is 12.1. The van der Waals surface area contributed by atoms with E-state index in [0.717, 1.165) is 48.3 Å². The number of nitrogens with zero attached hydrogens (tertiary/aromatic N) is 2. The summed E-state index contributed by atoms with van der Waals surface area (Å²) < 4.78 is 5.27. The minimum Gasteiger partial charge on any atom is -0.497 e. The molecule has 2 N–H and O–H groups in total. The molecule has 1 aromatic carbocycles. The summed E-state index contributed by atoms with van der Waals surface area (Å²) in [5.41, 5.74) is 6.30. The molecule has 1 aliphatic heterocycles. The minimum absolute atomic E-state index is 0.0366. The summed E-state index contributed by atoms with van der Waals surface area (Å²) >= 11 is 0. The van der Waals surface area contributed by atoms with Crippen LogP contribution in [-0.2, 0) is 0 Å². The molecule has 0 saturated carbocycles. The molecule has 0 amide bonds. The molecule has 0 spiro atoms. The molecule has 2 aromatic rings. The van der Waals surface area contributed by atoms with Crippen molar-refractivity contribution in [2.24, 2.45) is 5.73 Å². The fourth-order valence-electron chi connectivity index (χ4n) is 3.04. The van der Waals surface area contributed by atoms with Crippen molar-refractivity contribution in [2.45, 2.75) is 25.3 Å². The van der Waals surface area contributed by atoms with E-state index in [1.165, 1.54) is 0 Å². The highest BCUT2D eigenvalue weighted by Crippen LogP contribution is 2.33. The van der Waals surface area contributed by atoms with Crippen LogP contribution in [0, 0.1) is 0 Å². The van der Waals surface area contributed by atoms with Crippen molar-refractivity contribution < 1.29 is 4.74 Å². The van der Waals surface area contributed by atoms with Gasteiger partial charge in [-0.05, 0) is 36.1 Å². The van der Waals surface area contributed by atoms with E-state index in [0.29, 0.717) is 0 Å². The van der Waals surface area contributed by atoms with Crippen molar-refractivity contribution in [1.82, 2.24) is 4.98 Å². The van der Waals surface area contributed by atoms with Crippen molar-refractivity contribution in [2.75, 3.05) is 25.1 Å². The third kappa shape index (κ3) is 2.20. The van der Waals surface area contributed by atoms with E-state index in [4.69, 9.17) is 10.5 Å². The SMILES string of the molecule is CCCC1(N)CN(c2nccc3cc(OC)ccc23)C1. The Hall–Kier alpha value is -1.81. The van der Waals surface area contributed by atoms with Crippen molar-refractivity contribution in [3.8, 4) is 5.75 Å². The number of aromatic nitrogens is 1. The first kappa shape index (κ1) is 13.2. The Labute approximate surface area is 119 Å². The number of hydrogen-bond donors (Lipinski definition) is 1. The molecule has 20 heavy (non-hydrogen) atoms. The number of nitrogens with two attached hydrogens (primary N) is 1. The normalized spacial score (nSPS) is 17.1. The van der Waals surface area contributed by atoms with Crippen molar-refractivity contribution in [1.29, 1.82) is 0 Å². The molecule has 4 nitrogen and oxygen atoms in total. The van der Waals surface area contributed by atoms with Gasteiger partial charge in [0.15, 0.2) is 0 Å². The van der Waals surface area contributed by atoms with Crippen LogP contribution in [0.5, 0.6) is 5.75 Å². The van der Waals surface area contributed by atoms with E-state index in [1.807, 2.05) is 24.4 Å². The molecule has 1 aliphatic rings. The average Bonchev–Trinajstić information content (AvgIpc) is 2.43. The van der Waals surface area contributed by atoms with Gasteiger partial charge in [-0.25, -0.2) is 4.98 Å². The van der Waals surface area contributed by atoms with E-state index in [2.05, 4.69) is 22.9 Å². The van der Waals surface area contributed by atoms with Crippen LogP contribution in [0.3, 0.4) is 0 Å². The van der Waals surface area contributed by atoms with Crippen molar-refractivity contribution >= 4 is 16.6 Å². The smallest absolute Gasteiger partial charge is 0.136 e. The van der Waals surface area contributed by atoms with E-state index in [9.17, 15) is 0 Å². The van der Waals surface area contributed by atoms with Crippen LogP contribution >= 0.6 is 0 Å².